The van der Waals surface area contributed by atoms with Gasteiger partial charge in [0.15, 0.2) is 23.0 Å². The topological polar surface area (TPSA) is 72.8 Å². The van der Waals surface area contributed by atoms with Crippen molar-refractivity contribution in [2.24, 2.45) is 5.10 Å². The van der Waals surface area contributed by atoms with Crippen LogP contribution in [0.3, 0.4) is 0 Å². The molecule has 2 atom stereocenters. The van der Waals surface area contributed by atoms with Gasteiger partial charge in [-0.1, -0.05) is 30.3 Å². The molecule has 7 nitrogen and oxygen atoms in total. The predicted octanol–water partition coefficient (Wildman–Crippen LogP) is 4.66. The second kappa shape index (κ2) is 8.00. The van der Waals surface area contributed by atoms with Crippen LogP contribution >= 0.6 is 0 Å². The lowest BCUT2D eigenvalue weighted by Crippen LogP contribution is -2.34. The summed E-state index contributed by atoms with van der Waals surface area (Å²) in [5, 5.41) is 17.3. The third-order valence-corrected chi connectivity index (χ3v) is 5.91. The van der Waals surface area contributed by atoms with E-state index in [1.54, 1.807) is 33.5 Å². The van der Waals surface area contributed by atoms with Crippen LogP contribution in [0.15, 0.2) is 65.8 Å². The normalized spacial score (nSPS) is 18.8. The molecule has 0 unspecified atom stereocenters. The number of aromatic hydroxyl groups is 1. The van der Waals surface area contributed by atoms with Gasteiger partial charge in [0, 0.05) is 17.5 Å². The Labute approximate surface area is 186 Å². The minimum absolute atomic E-state index is 0.0932. The van der Waals surface area contributed by atoms with E-state index in [1.807, 2.05) is 53.5 Å². The van der Waals surface area contributed by atoms with E-state index >= 15 is 0 Å². The molecule has 2 aliphatic heterocycles. The van der Waals surface area contributed by atoms with E-state index < -0.39 is 6.23 Å². The summed E-state index contributed by atoms with van der Waals surface area (Å²) >= 11 is 0. The highest BCUT2D eigenvalue weighted by atomic mass is 16.5. The third-order valence-electron chi connectivity index (χ3n) is 5.91. The molecule has 0 fully saturated rings. The summed E-state index contributed by atoms with van der Waals surface area (Å²) in [6, 6.07) is 18.7. The Morgan fingerprint density at radius 3 is 2.31 bits per heavy atom. The minimum atomic E-state index is -0.572. The van der Waals surface area contributed by atoms with Crippen LogP contribution < -0.4 is 18.9 Å². The fourth-order valence-corrected chi connectivity index (χ4v) is 4.44. The number of nitrogens with zero attached hydrogens (tertiary/aromatic N) is 2. The number of ether oxygens (including phenoxy) is 4. The van der Waals surface area contributed by atoms with Gasteiger partial charge in [-0.15, -0.1) is 0 Å². The van der Waals surface area contributed by atoms with Crippen LogP contribution in [0.25, 0.3) is 0 Å². The molecule has 5 rings (SSSR count). The molecule has 0 amide bonds. The highest BCUT2D eigenvalue weighted by molar-refractivity contribution is 6.04. The van der Waals surface area contributed by atoms with Gasteiger partial charge in [0.25, 0.3) is 0 Å². The average Bonchev–Trinajstić information content (AvgIpc) is 3.28. The Morgan fingerprint density at radius 1 is 0.875 bits per heavy atom. The molecule has 0 bridgehead atoms. The Bertz CT molecular complexity index is 1190. The molecular weight excluding hydrogens is 408 g/mol. The molecule has 3 aromatic rings. The molecule has 0 aliphatic carbocycles. The summed E-state index contributed by atoms with van der Waals surface area (Å²) in [7, 11) is 4.84. The number of benzene rings is 3. The number of fused-ring (bicyclic) bond motifs is 3. The molecule has 2 heterocycles. The molecule has 2 aliphatic rings. The van der Waals surface area contributed by atoms with Crippen molar-refractivity contribution in [1.82, 2.24) is 5.01 Å². The molecule has 0 radical (unpaired) electrons. The molecule has 0 saturated heterocycles. The molecule has 164 valence electrons. The van der Waals surface area contributed by atoms with Crippen LogP contribution in [-0.2, 0) is 0 Å². The number of hydrazone groups is 1. The SMILES string of the molecule is COc1cccc2c1O[C@@H](c1cccc(OC)c1OC)N1N=C(c3ccccc3O)C[C@H]21. The van der Waals surface area contributed by atoms with Crippen LogP contribution in [0.2, 0.25) is 0 Å². The van der Waals surface area contributed by atoms with Gasteiger partial charge in [-0.25, -0.2) is 5.01 Å². The molecule has 0 spiro atoms. The lowest BCUT2D eigenvalue weighted by Gasteiger charge is -2.39. The number of hydrogen-bond acceptors (Lipinski definition) is 7. The molecule has 1 N–H and O–H groups in total. The number of phenolic OH excluding ortho intramolecular Hbond substituents is 1. The first kappa shape index (κ1) is 20.1. The minimum Gasteiger partial charge on any atom is -0.507 e. The van der Waals surface area contributed by atoms with Crippen LogP contribution in [0.5, 0.6) is 28.7 Å². The highest BCUT2D eigenvalue weighted by Gasteiger charge is 2.43. The average molecular weight is 432 g/mol. The Morgan fingerprint density at radius 2 is 1.59 bits per heavy atom. The first-order valence-corrected chi connectivity index (χ1v) is 10.3. The number of rotatable bonds is 5. The van der Waals surface area contributed by atoms with Gasteiger partial charge < -0.3 is 24.1 Å². The van der Waals surface area contributed by atoms with Crippen molar-refractivity contribution in [3.8, 4) is 28.7 Å². The maximum Gasteiger partial charge on any atom is 0.217 e. The zero-order valence-corrected chi connectivity index (χ0v) is 18.1. The zero-order chi connectivity index (χ0) is 22.2. The van der Waals surface area contributed by atoms with E-state index in [4.69, 9.17) is 24.0 Å². The van der Waals surface area contributed by atoms with Gasteiger partial charge in [-0.2, -0.15) is 5.10 Å². The summed E-state index contributed by atoms with van der Waals surface area (Å²) in [4.78, 5) is 0. The summed E-state index contributed by atoms with van der Waals surface area (Å²) in [5.41, 5.74) is 3.27. The number of phenols is 1. The van der Waals surface area contributed by atoms with Crippen molar-refractivity contribution in [3.63, 3.8) is 0 Å². The second-order valence-corrected chi connectivity index (χ2v) is 7.60. The predicted molar refractivity (Wildman–Crippen MR) is 120 cm³/mol. The largest absolute Gasteiger partial charge is 0.507 e. The highest BCUT2D eigenvalue weighted by Crippen LogP contribution is 2.52. The third kappa shape index (κ3) is 3.09. The van der Waals surface area contributed by atoms with E-state index in [2.05, 4.69) is 0 Å². The molecule has 7 heteroatoms. The van der Waals surface area contributed by atoms with E-state index in [-0.39, 0.29) is 11.8 Å². The Balaban J connectivity index is 1.68. The van der Waals surface area contributed by atoms with Crippen molar-refractivity contribution in [2.45, 2.75) is 18.7 Å². The molecule has 3 aromatic carbocycles. The Hall–Kier alpha value is -3.87. The van der Waals surface area contributed by atoms with Crippen LogP contribution in [0.1, 0.15) is 35.4 Å². The fraction of sp³-hybridized carbons (Fsp3) is 0.240. The fourth-order valence-electron chi connectivity index (χ4n) is 4.44. The van der Waals surface area contributed by atoms with Crippen LogP contribution in [-0.4, -0.2) is 37.2 Å². The number of para-hydroxylation sites is 3. The summed E-state index contributed by atoms with van der Waals surface area (Å²) in [6.07, 6.45) is 0.0429. The molecule has 0 saturated carbocycles. The number of methoxy groups -OCH3 is 3. The van der Waals surface area contributed by atoms with Gasteiger partial charge in [-0.3, -0.25) is 0 Å². The van der Waals surface area contributed by atoms with Crippen molar-refractivity contribution in [3.05, 3.63) is 77.4 Å². The van der Waals surface area contributed by atoms with Crippen molar-refractivity contribution >= 4 is 5.71 Å². The van der Waals surface area contributed by atoms with Crippen molar-refractivity contribution in [1.29, 1.82) is 0 Å². The molecule has 32 heavy (non-hydrogen) atoms. The standard InChI is InChI=1S/C25H24N2O5/c1-29-21-12-7-10-17(23(21)31-3)25-27-19(16-9-6-13-22(30-2)24(16)32-25)14-18(26-27)15-8-4-5-11-20(15)28/h4-13,19,25,28H,14H2,1-3H3/t19-,25+/m1/s1. The zero-order valence-electron chi connectivity index (χ0n) is 18.1. The quantitative estimate of drug-likeness (QED) is 0.632. The van der Waals surface area contributed by atoms with Crippen molar-refractivity contribution in [2.75, 3.05) is 21.3 Å². The van der Waals surface area contributed by atoms with Crippen molar-refractivity contribution < 1.29 is 24.1 Å². The van der Waals surface area contributed by atoms with Crippen LogP contribution in [0, 0.1) is 0 Å². The van der Waals surface area contributed by atoms with E-state index in [0.717, 1.165) is 16.8 Å². The smallest absolute Gasteiger partial charge is 0.217 e. The molecular formula is C25H24N2O5. The maximum atomic E-state index is 10.4. The summed E-state index contributed by atoms with van der Waals surface area (Å²) < 4.78 is 23.3. The van der Waals surface area contributed by atoms with E-state index in [9.17, 15) is 5.11 Å². The lowest BCUT2D eigenvalue weighted by atomic mass is 9.95. The summed E-state index contributed by atoms with van der Waals surface area (Å²) in [6.45, 7) is 0. The molecule has 0 aromatic heterocycles. The van der Waals surface area contributed by atoms with Crippen LogP contribution in [0.4, 0.5) is 0 Å². The first-order chi connectivity index (χ1) is 15.7. The monoisotopic (exact) mass is 432 g/mol. The van der Waals surface area contributed by atoms with Gasteiger partial charge in [0.05, 0.1) is 38.6 Å². The first-order valence-electron chi connectivity index (χ1n) is 10.3. The van der Waals surface area contributed by atoms with E-state index in [0.29, 0.717) is 35.0 Å². The van der Waals surface area contributed by atoms with Gasteiger partial charge in [0.1, 0.15) is 5.75 Å². The lowest BCUT2D eigenvalue weighted by molar-refractivity contribution is -0.0223. The number of hydrogen-bond donors (Lipinski definition) is 1. The second-order valence-electron chi connectivity index (χ2n) is 7.60. The maximum absolute atomic E-state index is 10.4. The van der Waals surface area contributed by atoms with E-state index in [1.165, 1.54) is 0 Å². The Kier molecular flexibility index (Phi) is 5.01. The summed E-state index contributed by atoms with van der Waals surface area (Å²) in [5.74, 6) is 2.74. The van der Waals surface area contributed by atoms with Gasteiger partial charge in [0.2, 0.25) is 6.23 Å². The van der Waals surface area contributed by atoms with Gasteiger partial charge >= 0.3 is 0 Å². The van der Waals surface area contributed by atoms with Gasteiger partial charge in [-0.05, 0) is 30.3 Å².